The summed E-state index contributed by atoms with van der Waals surface area (Å²) in [5.74, 6) is 0.691. The molecule has 2 aromatic rings. The molecule has 20 heavy (non-hydrogen) atoms. The first kappa shape index (κ1) is 13.6. The molecule has 102 valence electrons. The lowest BCUT2D eigenvalue weighted by molar-refractivity contribution is -0.118. The molecule has 0 saturated heterocycles. The predicted molar refractivity (Wildman–Crippen MR) is 73.2 cm³/mol. The van der Waals surface area contributed by atoms with Gasteiger partial charge in [0, 0.05) is 13.1 Å². The molecule has 1 N–H and O–H groups in total. The highest BCUT2D eigenvalue weighted by atomic mass is 16.5. The van der Waals surface area contributed by atoms with Crippen LogP contribution in [0, 0.1) is 18.3 Å². The van der Waals surface area contributed by atoms with Gasteiger partial charge in [0.05, 0.1) is 11.3 Å². The van der Waals surface area contributed by atoms with Crippen LogP contribution in [0.5, 0.6) is 5.75 Å². The van der Waals surface area contributed by atoms with Crippen LogP contribution in [0.2, 0.25) is 0 Å². The molecule has 1 heterocycles. The molecule has 1 aromatic carbocycles. The number of para-hydroxylation sites is 1. The average Bonchev–Trinajstić information content (AvgIpc) is 2.75. The van der Waals surface area contributed by atoms with E-state index in [4.69, 9.17) is 10.00 Å². The molecule has 6 nitrogen and oxygen atoms in total. The minimum Gasteiger partial charge on any atom is -0.482 e. The molecule has 0 aliphatic carbocycles. The summed E-state index contributed by atoms with van der Waals surface area (Å²) in [5.41, 5.74) is 1.22. The number of carbonyl (C=O) groups excluding carboxylic acids is 1. The largest absolute Gasteiger partial charge is 0.482 e. The Bertz CT molecular complexity index is 670. The number of hydrogen-bond acceptors (Lipinski definition) is 4. The number of aryl methyl sites for hydroxylation is 2. The summed E-state index contributed by atoms with van der Waals surface area (Å²) in [7, 11) is 1.74. The molecule has 0 aliphatic rings. The van der Waals surface area contributed by atoms with Crippen LogP contribution in [0.25, 0.3) is 0 Å². The van der Waals surface area contributed by atoms with Gasteiger partial charge in [0.25, 0.3) is 5.91 Å². The molecule has 0 atom stereocenters. The molecule has 1 amide bonds. The Kier molecular flexibility index (Phi) is 4.01. The van der Waals surface area contributed by atoms with Crippen molar-refractivity contribution in [3.63, 3.8) is 0 Å². The van der Waals surface area contributed by atoms with Gasteiger partial charge in [0.2, 0.25) is 0 Å². The van der Waals surface area contributed by atoms with Crippen molar-refractivity contribution in [2.24, 2.45) is 7.05 Å². The van der Waals surface area contributed by atoms with E-state index in [9.17, 15) is 4.79 Å². The molecule has 0 unspecified atom stereocenters. The van der Waals surface area contributed by atoms with E-state index in [1.165, 1.54) is 0 Å². The number of nitrogens with zero attached hydrogens (tertiary/aromatic N) is 3. The second-order valence-corrected chi connectivity index (χ2v) is 4.24. The Morgan fingerprint density at radius 2 is 2.25 bits per heavy atom. The first-order chi connectivity index (χ1) is 9.60. The Balaban J connectivity index is 1.96. The summed E-state index contributed by atoms with van der Waals surface area (Å²) in [6.07, 6.45) is 0. The molecule has 0 saturated carbocycles. The molecule has 1 aromatic heterocycles. The van der Waals surface area contributed by atoms with Crippen LogP contribution < -0.4 is 10.1 Å². The maximum atomic E-state index is 11.8. The van der Waals surface area contributed by atoms with E-state index >= 15 is 0 Å². The van der Waals surface area contributed by atoms with Crippen LogP contribution in [-0.2, 0) is 11.8 Å². The maximum Gasteiger partial charge on any atom is 0.263 e. The molecule has 6 heteroatoms. The van der Waals surface area contributed by atoms with Gasteiger partial charge in [-0.15, -0.1) is 0 Å². The van der Waals surface area contributed by atoms with Gasteiger partial charge >= 0.3 is 0 Å². The second kappa shape index (κ2) is 5.89. The van der Waals surface area contributed by atoms with Crippen LogP contribution in [0.3, 0.4) is 0 Å². The van der Waals surface area contributed by atoms with Crippen LogP contribution >= 0.6 is 0 Å². The van der Waals surface area contributed by atoms with Crippen molar-refractivity contribution >= 4 is 11.7 Å². The summed E-state index contributed by atoms with van der Waals surface area (Å²) in [6, 6.07) is 10.6. The molecule has 2 rings (SSSR count). The number of benzene rings is 1. The lowest BCUT2D eigenvalue weighted by atomic mass is 10.2. The number of anilines is 1. The van der Waals surface area contributed by atoms with Crippen molar-refractivity contribution in [1.82, 2.24) is 9.78 Å². The molecular weight excluding hydrogens is 256 g/mol. The van der Waals surface area contributed by atoms with Gasteiger partial charge in [-0.1, -0.05) is 12.1 Å². The number of ether oxygens (including phenoxy) is 1. The van der Waals surface area contributed by atoms with Crippen molar-refractivity contribution in [1.29, 1.82) is 5.26 Å². The molecule has 0 radical (unpaired) electrons. The summed E-state index contributed by atoms with van der Waals surface area (Å²) in [5, 5.41) is 15.7. The minimum absolute atomic E-state index is 0.164. The Morgan fingerprint density at radius 3 is 2.90 bits per heavy atom. The van der Waals surface area contributed by atoms with E-state index in [-0.39, 0.29) is 12.5 Å². The highest BCUT2D eigenvalue weighted by Gasteiger charge is 2.09. The maximum absolute atomic E-state index is 11.8. The quantitative estimate of drug-likeness (QED) is 0.915. The van der Waals surface area contributed by atoms with Crippen LogP contribution in [-0.4, -0.2) is 22.3 Å². The van der Waals surface area contributed by atoms with Gasteiger partial charge in [-0.05, 0) is 19.1 Å². The van der Waals surface area contributed by atoms with Gasteiger partial charge in [0.15, 0.2) is 6.61 Å². The van der Waals surface area contributed by atoms with Crippen molar-refractivity contribution in [2.45, 2.75) is 6.92 Å². The Morgan fingerprint density at radius 1 is 1.50 bits per heavy atom. The summed E-state index contributed by atoms with van der Waals surface area (Å²) < 4.78 is 6.92. The van der Waals surface area contributed by atoms with Crippen molar-refractivity contribution in [3.05, 3.63) is 41.6 Å². The number of hydrogen-bond donors (Lipinski definition) is 1. The molecule has 0 spiro atoms. The van der Waals surface area contributed by atoms with Crippen molar-refractivity contribution < 1.29 is 9.53 Å². The predicted octanol–water partition coefficient (Wildman–Crippen LogP) is 1.62. The molecule has 0 bridgehead atoms. The van der Waals surface area contributed by atoms with Gasteiger partial charge in [-0.3, -0.25) is 9.48 Å². The lowest BCUT2D eigenvalue weighted by Gasteiger charge is -2.08. The minimum atomic E-state index is -0.305. The van der Waals surface area contributed by atoms with Gasteiger partial charge < -0.3 is 10.1 Å². The summed E-state index contributed by atoms with van der Waals surface area (Å²) >= 11 is 0. The number of rotatable bonds is 4. The third-order valence-electron chi connectivity index (χ3n) is 2.64. The van der Waals surface area contributed by atoms with E-state index in [1.807, 2.05) is 13.0 Å². The van der Waals surface area contributed by atoms with Crippen molar-refractivity contribution in [3.8, 4) is 11.8 Å². The van der Waals surface area contributed by atoms with Crippen molar-refractivity contribution in [2.75, 3.05) is 11.9 Å². The number of nitriles is 1. The van der Waals surface area contributed by atoms with Gasteiger partial charge in [-0.2, -0.15) is 10.4 Å². The standard InChI is InChI=1S/C14H14N4O2/c1-10-7-13(18(2)17-10)16-14(19)9-20-12-6-4-3-5-11(12)8-15/h3-7H,9H2,1-2H3,(H,16,19). The fraction of sp³-hybridized carbons (Fsp3) is 0.214. The topological polar surface area (TPSA) is 79.9 Å². The van der Waals surface area contributed by atoms with Gasteiger partial charge in [0.1, 0.15) is 17.6 Å². The number of aromatic nitrogens is 2. The second-order valence-electron chi connectivity index (χ2n) is 4.24. The normalized spacial score (nSPS) is 9.85. The third-order valence-corrected chi connectivity index (χ3v) is 2.64. The van der Waals surface area contributed by atoms with E-state index in [0.29, 0.717) is 17.1 Å². The first-order valence-corrected chi connectivity index (χ1v) is 6.02. The van der Waals surface area contributed by atoms with E-state index in [2.05, 4.69) is 10.4 Å². The SMILES string of the molecule is Cc1cc(NC(=O)COc2ccccc2C#N)n(C)n1. The van der Waals surface area contributed by atoms with Crippen LogP contribution in [0.4, 0.5) is 5.82 Å². The fourth-order valence-corrected chi connectivity index (χ4v) is 1.73. The highest BCUT2D eigenvalue weighted by Crippen LogP contribution is 2.16. The monoisotopic (exact) mass is 270 g/mol. The third kappa shape index (κ3) is 3.14. The van der Waals surface area contributed by atoms with Gasteiger partial charge in [-0.25, -0.2) is 0 Å². The molecular formula is C14H14N4O2. The van der Waals surface area contributed by atoms with E-state index in [1.54, 1.807) is 42.1 Å². The Hall–Kier alpha value is -2.81. The number of nitrogens with one attached hydrogen (secondary N) is 1. The summed E-state index contributed by atoms with van der Waals surface area (Å²) in [6.45, 7) is 1.68. The smallest absolute Gasteiger partial charge is 0.263 e. The first-order valence-electron chi connectivity index (χ1n) is 6.02. The molecule has 0 aliphatic heterocycles. The number of amides is 1. The lowest BCUT2D eigenvalue weighted by Crippen LogP contribution is -2.21. The number of carbonyl (C=O) groups is 1. The fourth-order valence-electron chi connectivity index (χ4n) is 1.73. The highest BCUT2D eigenvalue weighted by molar-refractivity contribution is 5.91. The zero-order valence-electron chi connectivity index (χ0n) is 11.3. The average molecular weight is 270 g/mol. The van der Waals surface area contributed by atoms with E-state index < -0.39 is 0 Å². The van der Waals surface area contributed by atoms with Crippen LogP contribution in [0.15, 0.2) is 30.3 Å². The zero-order valence-corrected chi connectivity index (χ0v) is 11.3. The molecule has 0 fully saturated rings. The van der Waals surface area contributed by atoms with Crippen LogP contribution in [0.1, 0.15) is 11.3 Å². The Labute approximate surface area is 116 Å². The summed E-state index contributed by atoms with van der Waals surface area (Å²) in [4.78, 5) is 11.8. The zero-order chi connectivity index (χ0) is 14.5. The van der Waals surface area contributed by atoms with E-state index in [0.717, 1.165) is 5.69 Å².